The molecular weight excluding hydrogens is 173 g/mol. The molecule has 62 valence electrons. The van der Waals surface area contributed by atoms with E-state index in [4.69, 9.17) is 28.3 Å². The highest BCUT2D eigenvalue weighted by Gasteiger charge is 2.43. The van der Waals surface area contributed by atoms with E-state index in [1.807, 2.05) is 21.1 Å². The zero-order valence-corrected chi connectivity index (χ0v) is 8.24. The van der Waals surface area contributed by atoms with Crippen LogP contribution in [0.15, 0.2) is 0 Å². The van der Waals surface area contributed by atoms with Gasteiger partial charge in [0.25, 0.3) is 4.46 Å². The van der Waals surface area contributed by atoms with E-state index in [2.05, 4.69) is 0 Å². The van der Waals surface area contributed by atoms with E-state index >= 15 is 0 Å². The third kappa shape index (κ3) is 1.99. The summed E-state index contributed by atoms with van der Waals surface area (Å²) in [5.74, 6) is 0. The molecule has 0 radical (unpaired) electrons. The summed E-state index contributed by atoms with van der Waals surface area (Å²) < 4.78 is -0.812. The van der Waals surface area contributed by atoms with Crippen LogP contribution < -0.4 is 0 Å². The molecule has 10 heavy (non-hydrogen) atoms. The van der Waals surface area contributed by atoms with Crippen molar-refractivity contribution in [2.45, 2.75) is 17.5 Å². The minimum Gasteiger partial charge on any atom is -0.384 e. The van der Waals surface area contributed by atoms with E-state index in [9.17, 15) is 0 Å². The van der Waals surface area contributed by atoms with Gasteiger partial charge in [-0.3, -0.25) is 4.48 Å². The predicted octanol–water partition coefficient (Wildman–Crippen LogP) is 1.20. The van der Waals surface area contributed by atoms with Gasteiger partial charge >= 0.3 is 0 Å². The largest absolute Gasteiger partial charge is 0.384 e. The molecule has 0 bridgehead atoms. The van der Waals surface area contributed by atoms with Crippen LogP contribution in [0.2, 0.25) is 0 Å². The molecule has 0 rings (SSSR count). The number of hydrogen-bond donors (Lipinski definition) is 1. The fourth-order valence-corrected chi connectivity index (χ4v) is 0.561. The molecule has 0 amide bonds. The summed E-state index contributed by atoms with van der Waals surface area (Å²) in [5.41, 5.74) is 0. The second kappa shape index (κ2) is 2.86. The molecule has 0 aromatic rings. The van der Waals surface area contributed by atoms with Crippen LogP contribution in [0.4, 0.5) is 0 Å². The fraction of sp³-hybridized carbons (Fsp3) is 1.00. The van der Waals surface area contributed by atoms with Gasteiger partial charge in [0.2, 0.25) is 0 Å². The van der Waals surface area contributed by atoms with E-state index in [1.54, 1.807) is 6.92 Å². The fourth-order valence-electron chi connectivity index (χ4n) is 0.561. The van der Waals surface area contributed by atoms with Crippen molar-refractivity contribution in [1.29, 1.82) is 0 Å². The molecule has 0 fully saturated rings. The minimum absolute atomic E-state index is 0.313. The normalized spacial score (nSPS) is 17.1. The lowest BCUT2D eigenvalue weighted by Crippen LogP contribution is -2.55. The van der Waals surface area contributed by atoms with Gasteiger partial charge in [0.15, 0.2) is 0 Å². The highest BCUT2D eigenvalue weighted by molar-refractivity contribution is 6.47. The Bertz CT molecular complexity index is 117. The minimum atomic E-state index is -1.13. The zero-order chi connectivity index (χ0) is 8.58. The molecule has 1 N–H and O–H groups in total. The summed E-state index contributed by atoms with van der Waals surface area (Å²) in [7, 11) is 5.48. The Hall–Kier alpha value is 0.500. The molecule has 1 unspecified atom stereocenters. The molecule has 0 aliphatic heterocycles. The van der Waals surface area contributed by atoms with E-state index in [0.29, 0.717) is 4.48 Å². The molecular formula is C6H14Cl2NO+. The SMILES string of the molecule is CC(O)C(Cl)(Cl)[N+](C)(C)C. The summed E-state index contributed by atoms with van der Waals surface area (Å²) in [6, 6.07) is 0. The molecule has 4 heteroatoms. The van der Waals surface area contributed by atoms with Crippen molar-refractivity contribution in [2.75, 3.05) is 21.1 Å². The van der Waals surface area contributed by atoms with Crippen LogP contribution in [-0.4, -0.2) is 41.3 Å². The average molecular weight is 187 g/mol. The Labute approximate surface area is 71.9 Å². The van der Waals surface area contributed by atoms with Gasteiger partial charge in [0.05, 0.1) is 21.1 Å². The number of hydrogen-bond acceptors (Lipinski definition) is 1. The number of halogens is 2. The Morgan fingerprint density at radius 2 is 1.60 bits per heavy atom. The first-order valence-electron chi connectivity index (χ1n) is 3.07. The second-order valence-corrected chi connectivity index (χ2v) is 4.62. The van der Waals surface area contributed by atoms with Crippen molar-refractivity contribution in [2.24, 2.45) is 0 Å². The molecule has 0 aliphatic carbocycles. The Kier molecular flexibility index (Phi) is 3.00. The maximum Gasteiger partial charge on any atom is 0.276 e. The third-order valence-corrected chi connectivity index (χ3v) is 3.04. The topological polar surface area (TPSA) is 20.2 Å². The summed E-state index contributed by atoms with van der Waals surface area (Å²) in [6.07, 6.45) is -0.740. The van der Waals surface area contributed by atoms with Crippen molar-refractivity contribution in [3.63, 3.8) is 0 Å². The van der Waals surface area contributed by atoms with Gasteiger partial charge in [0, 0.05) is 0 Å². The van der Waals surface area contributed by atoms with E-state index in [0.717, 1.165) is 0 Å². The van der Waals surface area contributed by atoms with Crippen LogP contribution in [0.3, 0.4) is 0 Å². The van der Waals surface area contributed by atoms with E-state index in [-0.39, 0.29) is 0 Å². The Morgan fingerprint density at radius 3 is 1.60 bits per heavy atom. The van der Waals surface area contributed by atoms with Gasteiger partial charge in [0.1, 0.15) is 6.10 Å². The van der Waals surface area contributed by atoms with Gasteiger partial charge in [-0.05, 0) is 30.1 Å². The first-order chi connectivity index (χ1) is 4.19. The average Bonchev–Trinajstić information content (AvgIpc) is 1.62. The first kappa shape index (κ1) is 10.5. The van der Waals surface area contributed by atoms with Crippen molar-refractivity contribution < 1.29 is 9.59 Å². The summed E-state index contributed by atoms with van der Waals surface area (Å²) in [5, 5.41) is 9.14. The maximum absolute atomic E-state index is 9.14. The smallest absolute Gasteiger partial charge is 0.276 e. The molecule has 0 heterocycles. The summed E-state index contributed by atoms with van der Waals surface area (Å²) in [4.78, 5) is 0. The van der Waals surface area contributed by atoms with E-state index < -0.39 is 10.6 Å². The summed E-state index contributed by atoms with van der Waals surface area (Å²) >= 11 is 11.7. The van der Waals surface area contributed by atoms with Gasteiger partial charge < -0.3 is 5.11 Å². The number of alkyl halides is 2. The third-order valence-electron chi connectivity index (χ3n) is 1.40. The number of aliphatic hydroxyl groups excluding tert-OH is 1. The molecule has 0 saturated carbocycles. The van der Waals surface area contributed by atoms with Gasteiger partial charge in [-0.1, -0.05) is 0 Å². The highest BCUT2D eigenvalue weighted by Crippen LogP contribution is 2.32. The molecule has 0 aliphatic rings. The number of rotatable bonds is 2. The van der Waals surface area contributed by atoms with Crippen LogP contribution >= 0.6 is 23.2 Å². The lowest BCUT2D eigenvalue weighted by molar-refractivity contribution is -0.897. The quantitative estimate of drug-likeness (QED) is 0.391. The number of aliphatic hydroxyl groups is 1. The number of quaternary nitrogens is 1. The van der Waals surface area contributed by atoms with Crippen LogP contribution in [0.5, 0.6) is 0 Å². The number of nitrogens with zero attached hydrogens (tertiary/aromatic N) is 1. The highest BCUT2D eigenvalue weighted by atomic mass is 35.5. The number of likely N-dealkylation sites (N-methyl/N-ethyl adjacent to an activating group) is 1. The standard InChI is InChI=1S/C6H14Cl2NO/c1-5(10)6(7,8)9(2,3)4/h5,10H,1-4H3/q+1. The van der Waals surface area contributed by atoms with Crippen LogP contribution in [0, 0.1) is 0 Å². The van der Waals surface area contributed by atoms with Crippen LogP contribution in [0.1, 0.15) is 6.92 Å². The molecule has 0 spiro atoms. The first-order valence-corrected chi connectivity index (χ1v) is 3.82. The van der Waals surface area contributed by atoms with Crippen LogP contribution in [-0.2, 0) is 0 Å². The van der Waals surface area contributed by atoms with Gasteiger partial charge in [-0.2, -0.15) is 0 Å². The van der Waals surface area contributed by atoms with Crippen molar-refractivity contribution in [3.8, 4) is 0 Å². The maximum atomic E-state index is 9.14. The predicted molar refractivity (Wildman–Crippen MR) is 44.2 cm³/mol. The Morgan fingerprint density at radius 1 is 1.30 bits per heavy atom. The Balaban J connectivity index is 4.40. The lowest BCUT2D eigenvalue weighted by Gasteiger charge is -2.38. The molecule has 1 atom stereocenters. The van der Waals surface area contributed by atoms with Gasteiger partial charge in [-0.25, -0.2) is 0 Å². The zero-order valence-electron chi connectivity index (χ0n) is 6.73. The summed E-state index contributed by atoms with van der Waals surface area (Å²) in [6.45, 7) is 1.57. The second-order valence-electron chi connectivity index (χ2n) is 3.28. The van der Waals surface area contributed by atoms with Crippen molar-refractivity contribution in [3.05, 3.63) is 0 Å². The monoisotopic (exact) mass is 186 g/mol. The van der Waals surface area contributed by atoms with Gasteiger partial charge in [-0.15, -0.1) is 0 Å². The molecule has 0 aromatic heterocycles. The molecule has 0 aromatic carbocycles. The van der Waals surface area contributed by atoms with Crippen molar-refractivity contribution in [1.82, 2.24) is 0 Å². The van der Waals surface area contributed by atoms with E-state index in [1.165, 1.54) is 0 Å². The lowest BCUT2D eigenvalue weighted by atomic mass is 10.3. The van der Waals surface area contributed by atoms with Crippen LogP contribution in [0.25, 0.3) is 0 Å². The van der Waals surface area contributed by atoms with Crippen molar-refractivity contribution >= 4 is 23.2 Å². The molecule has 0 saturated heterocycles. The molecule has 2 nitrogen and oxygen atoms in total.